The van der Waals surface area contributed by atoms with Crippen LogP contribution in [-0.4, -0.2) is 60.6 Å². The monoisotopic (exact) mass is 487 g/mol. The first kappa shape index (κ1) is 24.6. The predicted octanol–water partition coefficient (Wildman–Crippen LogP) is 4.03. The SMILES string of the molecule is NC(=O)OCCC(CC(C(=O)N1CCOCC1)C1CCCCC1)C(=O)c1nc2ccccc2s1. The maximum atomic E-state index is 13.7. The Morgan fingerprint density at radius 2 is 1.88 bits per heavy atom. The van der Waals surface area contributed by atoms with Crippen LogP contribution in [0.2, 0.25) is 0 Å². The number of thiazole rings is 1. The second-order valence-electron chi connectivity index (χ2n) is 9.18. The van der Waals surface area contributed by atoms with Gasteiger partial charge in [-0.1, -0.05) is 31.4 Å². The van der Waals surface area contributed by atoms with E-state index in [1.807, 2.05) is 29.2 Å². The number of rotatable bonds is 9. The number of primary amides is 1. The van der Waals surface area contributed by atoms with Gasteiger partial charge in [0, 0.05) is 24.9 Å². The van der Waals surface area contributed by atoms with Crippen molar-refractivity contribution in [2.75, 3.05) is 32.9 Å². The smallest absolute Gasteiger partial charge is 0.404 e. The van der Waals surface area contributed by atoms with Gasteiger partial charge in [0.1, 0.15) is 0 Å². The van der Waals surface area contributed by atoms with E-state index in [0.717, 1.165) is 35.9 Å². The summed E-state index contributed by atoms with van der Waals surface area (Å²) in [4.78, 5) is 44.9. The van der Waals surface area contributed by atoms with Crippen LogP contribution in [0, 0.1) is 17.8 Å². The summed E-state index contributed by atoms with van der Waals surface area (Å²) in [6.45, 7) is 2.31. The number of aromatic nitrogens is 1. The van der Waals surface area contributed by atoms with Crippen molar-refractivity contribution in [3.63, 3.8) is 0 Å². The van der Waals surface area contributed by atoms with Crippen LogP contribution in [0.15, 0.2) is 24.3 Å². The summed E-state index contributed by atoms with van der Waals surface area (Å²) < 4.78 is 11.4. The van der Waals surface area contributed by atoms with Gasteiger partial charge >= 0.3 is 6.09 Å². The number of amides is 2. The largest absolute Gasteiger partial charge is 0.450 e. The molecule has 1 aliphatic carbocycles. The van der Waals surface area contributed by atoms with E-state index in [0.29, 0.717) is 44.2 Å². The van der Waals surface area contributed by atoms with E-state index in [1.165, 1.54) is 17.8 Å². The van der Waals surface area contributed by atoms with Crippen molar-refractivity contribution in [2.24, 2.45) is 23.5 Å². The summed E-state index contributed by atoms with van der Waals surface area (Å²) in [5.41, 5.74) is 5.94. The first-order valence-corrected chi connectivity index (χ1v) is 13.0. The number of morpholine rings is 1. The number of Topliss-reactive ketones (excluding diaryl/α,β-unsaturated/α-hetero) is 1. The molecular formula is C25H33N3O5S. The van der Waals surface area contributed by atoms with E-state index in [9.17, 15) is 14.4 Å². The Balaban J connectivity index is 1.57. The lowest BCUT2D eigenvalue weighted by Crippen LogP contribution is -2.46. The second kappa shape index (κ2) is 11.8. The van der Waals surface area contributed by atoms with Crippen LogP contribution in [0.3, 0.4) is 0 Å². The third kappa shape index (κ3) is 6.13. The van der Waals surface area contributed by atoms with Crippen LogP contribution in [0.5, 0.6) is 0 Å². The van der Waals surface area contributed by atoms with Crippen molar-refractivity contribution in [1.29, 1.82) is 0 Å². The predicted molar refractivity (Wildman–Crippen MR) is 130 cm³/mol. The third-order valence-corrected chi connectivity index (χ3v) is 8.03. The normalized spacial score (nSPS) is 19.0. The fourth-order valence-electron chi connectivity index (χ4n) is 5.17. The topological polar surface area (TPSA) is 112 Å². The summed E-state index contributed by atoms with van der Waals surface area (Å²) in [6, 6.07) is 7.66. The average Bonchev–Trinajstić information content (AvgIpc) is 3.30. The van der Waals surface area contributed by atoms with Gasteiger partial charge in [-0.3, -0.25) is 9.59 Å². The number of benzene rings is 1. The number of ketones is 1. The van der Waals surface area contributed by atoms with Crippen LogP contribution >= 0.6 is 11.3 Å². The Bertz CT molecular complexity index is 964. The highest BCUT2D eigenvalue weighted by atomic mass is 32.1. The van der Waals surface area contributed by atoms with Crippen molar-refractivity contribution in [3.8, 4) is 0 Å². The number of carbonyl (C=O) groups is 3. The Morgan fingerprint density at radius 3 is 2.59 bits per heavy atom. The number of para-hydroxylation sites is 1. The van der Waals surface area contributed by atoms with Gasteiger partial charge in [-0.25, -0.2) is 9.78 Å². The number of nitrogens with two attached hydrogens (primary N) is 1. The van der Waals surface area contributed by atoms with Gasteiger partial charge in [0.05, 0.1) is 30.0 Å². The molecule has 2 aliphatic rings. The molecule has 1 aliphatic heterocycles. The van der Waals surface area contributed by atoms with Gasteiger partial charge in [-0.05, 0) is 43.7 Å². The molecular weight excluding hydrogens is 454 g/mol. The molecule has 0 spiro atoms. The molecule has 34 heavy (non-hydrogen) atoms. The standard InChI is InChI=1S/C25H33N3O5S/c26-25(31)33-13-10-18(22(29)23-27-20-8-4-5-9-21(20)34-23)16-19(17-6-2-1-3-7-17)24(30)28-11-14-32-15-12-28/h4-5,8-9,17-19H,1-3,6-7,10-16H2,(H2,26,31). The van der Waals surface area contributed by atoms with E-state index in [1.54, 1.807) is 0 Å². The highest BCUT2D eigenvalue weighted by Gasteiger charge is 2.37. The summed E-state index contributed by atoms with van der Waals surface area (Å²) in [7, 11) is 0. The molecule has 2 unspecified atom stereocenters. The third-order valence-electron chi connectivity index (χ3n) is 6.98. The summed E-state index contributed by atoms with van der Waals surface area (Å²) in [5, 5.41) is 0.437. The van der Waals surface area contributed by atoms with E-state index in [-0.39, 0.29) is 30.1 Å². The zero-order valence-corrected chi connectivity index (χ0v) is 20.3. The number of carbonyl (C=O) groups excluding carboxylic acids is 3. The van der Waals surface area contributed by atoms with Crippen molar-refractivity contribution in [1.82, 2.24) is 9.88 Å². The quantitative estimate of drug-likeness (QED) is 0.535. The van der Waals surface area contributed by atoms with Crippen LogP contribution in [0.1, 0.15) is 54.7 Å². The molecule has 0 bridgehead atoms. The van der Waals surface area contributed by atoms with Crippen LogP contribution in [0.25, 0.3) is 10.2 Å². The van der Waals surface area contributed by atoms with Crippen molar-refractivity contribution in [3.05, 3.63) is 29.3 Å². The molecule has 1 saturated heterocycles. The van der Waals surface area contributed by atoms with Crippen LogP contribution in [0.4, 0.5) is 4.79 Å². The molecule has 2 heterocycles. The maximum Gasteiger partial charge on any atom is 0.404 e. The number of hydrogen-bond acceptors (Lipinski definition) is 7. The molecule has 1 aromatic carbocycles. The molecule has 9 heteroatoms. The summed E-state index contributed by atoms with van der Waals surface area (Å²) in [6.07, 6.45) is 5.29. The fraction of sp³-hybridized carbons (Fsp3) is 0.600. The van der Waals surface area contributed by atoms with E-state index in [4.69, 9.17) is 15.2 Å². The first-order chi connectivity index (χ1) is 16.5. The van der Waals surface area contributed by atoms with E-state index in [2.05, 4.69) is 4.98 Å². The summed E-state index contributed by atoms with van der Waals surface area (Å²) in [5.74, 6) is -0.433. The van der Waals surface area contributed by atoms with E-state index < -0.39 is 12.0 Å². The molecule has 4 rings (SSSR count). The van der Waals surface area contributed by atoms with Gasteiger partial charge in [0.25, 0.3) is 0 Å². The number of nitrogens with zero attached hydrogens (tertiary/aromatic N) is 2. The molecule has 2 N–H and O–H groups in total. The van der Waals surface area contributed by atoms with Gasteiger partial charge < -0.3 is 20.1 Å². The van der Waals surface area contributed by atoms with Gasteiger partial charge in [-0.2, -0.15) is 0 Å². The molecule has 1 saturated carbocycles. The molecule has 2 amide bonds. The summed E-state index contributed by atoms with van der Waals surface area (Å²) >= 11 is 1.37. The lowest BCUT2D eigenvalue weighted by Gasteiger charge is -2.36. The molecule has 8 nitrogen and oxygen atoms in total. The molecule has 2 fully saturated rings. The van der Waals surface area contributed by atoms with Crippen molar-refractivity contribution in [2.45, 2.75) is 44.9 Å². The minimum absolute atomic E-state index is 0.0414. The van der Waals surface area contributed by atoms with Gasteiger partial charge in [0.2, 0.25) is 5.91 Å². The molecule has 2 aromatic rings. The molecule has 1 aromatic heterocycles. The Hall–Kier alpha value is -2.52. The molecule has 0 radical (unpaired) electrons. The zero-order valence-electron chi connectivity index (χ0n) is 19.4. The number of hydrogen-bond donors (Lipinski definition) is 1. The highest BCUT2D eigenvalue weighted by molar-refractivity contribution is 7.20. The van der Waals surface area contributed by atoms with Crippen molar-refractivity contribution < 1.29 is 23.9 Å². The number of fused-ring (bicyclic) bond motifs is 1. The highest BCUT2D eigenvalue weighted by Crippen LogP contribution is 2.37. The van der Waals surface area contributed by atoms with Crippen LogP contribution < -0.4 is 5.73 Å². The molecule has 2 atom stereocenters. The van der Waals surface area contributed by atoms with Gasteiger partial charge in [0.15, 0.2) is 10.8 Å². The van der Waals surface area contributed by atoms with Crippen LogP contribution in [-0.2, 0) is 14.3 Å². The maximum absolute atomic E-state index is 13.7. The number of ether oxygens (including phenoxy) is 2. The lowest BCUT2D eigenvalue weighted by molar-refractivity contribution is -0.142. The minimum atomic E-state index is -0.862. The minimum Gasteiger partial charge on any atom is -0.450 e. The average molecular weight is 488 g/mol. The Labute approximate surface area is 203 Å². The van der Waals surface area contributed by atoms with Gasteiger partial charge in [-0.15, -0.1) is 11.3 Å². The lowest BCUT2D eigenvalue weighted by atomic mass is 9.74. The second-order valence-corrected chi connectivity index (χ2v) is 10.2. The Morgan fingerprint density at radius 1 is 1.15 bits per heavy atom. The Kier molecular flexibility index (Phi) is 8.50. The van der Waals surface area contributed by atoms with Crippen molar-refractivity contribution >= 4 is 39.3 Å². The first-order valence-electron chi connectivity index (χ1n) is 12.2. The molecule has 184 valence electrons. The van der Waals surface area contributed by atoms with E-state index >= 15 is 0 Å². The fourth-order valence-corrected chi connectivity index (χ4v) is 6.15. The zero-order chi connectivity index (χ0) is 23.9.